The molecule has 130 valence electrons. The van der Waals surface area contributed by atoms with Crippen LogP contribution >= 0.6 is 0 Å². The quantitative estimate of drug-likeness (QED) is 0.833. The maximum atomic E-state index is 13.0. The lowest BCUT2D eigenvalue weighted by atomic mass is 9.96. The Morgan fingerprint density at radius 1 is 1.25 bits per heavy atom. The summed E-state index contributed by atoms with van der Waals surface area (Å²) in [6.45, 7) is 6.93. The summed E-state index contributed by atoms with van der Waals surface area (Å²) in [6, 6.07) is 10.2. The number of ether oxygens (including phenoxy) is 1. The molecule has 0 radical (unpaired) electrons. The fourth-order valence-corrected chi connectivity index (χ4v) is 3.81. The SMILES string of the molecule is CCCC1COC(=O)N1C(=O)[C@@H]1CN(Cc2ccccc2)C[C@H]1C. The normalized spacial score (nSPS) is 27.5. The molecule has 2 aliphatic rings. The molecule has 0 N–H and O–H groups in total. The van der Waals surface area contributed by atoms with Crippen molar-refractivity contribution in [3.63, 3.8) is 0 Å². The highest BCUT2D eigenvalue weighted by molar-refractivity contribution is 5.95. The third kappa shape index (κ3) is 3.46. The second-order valence-corrected chi connectivity index (χ2v) is 6.99. The number of carbonyl (C=O) groups excluding carboxylic acids is 2. The van der Waals surface area contributed by atoms with E-state index in [4.69, 9.17) is 4.74 Å². The fourth-order valence-electron chi connectivity index (χ4n) is 3.81. The molecule has 2 aliphatic heterocycles. The number of carbonyl (C=O) groups is 2. The van der Waals surface area contributed by atoms with E-state index in [-0.39, 0.29) is 23.8 Å². The summed E-state index contributed by atoms with van der Waals surface area (Å²) in [5.74, 6) is 0.0645. The lowest BCUT2D eigenvalue weighted by Crippen LogP contribution is -2.44. The Kier molecular flexibility index (Phi) is 5.19. The van der Waals surface area contributed by atoms with Gasteiger partial charge in [-0.25, -0.2) is 9.69 Å². The predicted octanol–water partition coefficient (Wildman–Crippen LogP) is 2.90. The highest BCUT2D eigenvalue weighted by atomic mass is 16.6. The van der Waals surface area contributed by atoms with E-state index >= 15 is 0 Å². The average molecular weight is 330 g/mol. The van der Waals surface area contributed by atoms with E-state index in [0.29, 0.717) is 13.2 Å². The Labute approximate surface area is 143 Å². The van der Waals surface area contributed by atoms with Crippen LogP contribution in [0.15, 0.2) is 30.3 Å². The molecule has 5 nitrogen and oxygen atoms in total. The summed E-state index contributed by atoms with van der Waals surface area (Å²) in [4.78, 5) is 28.6. The van der Waals surface area contributed by atoms with Crippen LogP contribution in [0.3, 0.4) is 0 Å². The first kappa shape index (κ1) is 17.0. The lowest BCUT2D eigenvalue weighted by molar-refractivity contribution is -0.134. The van der Waals surface area contributed by atoms with E-state index in [1.807, 2.05) is 18.2 Å². The summed E-state index contributed by atoms with van der Waals surface area (Å²) >= 11 is 0. The van der Waals surface area contributed by atoms with Crippen molar-refractivity contribution < 1.29 is 14.3 Å². The molecule has 2 fully saturated rings. The Balaban J connectivity index is 1.66. The maximum Gasteiger partial charge on any atom is 0.416 e. The van der Waals surface area contributed by atoms with Crippen molar-refractivity contribution >= 4 is 12.0 Å². The van der Waals surface area contributed by atoms with Crippen molar-refractivity contribution in [1.82, 2.24) is 9.80 Å². The molecule has 2 amide bonds. The van der Waals surface area contributed by atoms with E-state index in [2.05, 4.69) is 30.9 Å². The van der Waals surface area contributed by atoms with Gasteiger partial charge < -0.3 is 4.74 Å². The molecule has 2 saturated heterocycles. The lowest BCUT2D eigenvalue weighted by Gasteiger charge is -2.24. The van der Waals surface area contributed by atoms with Gasteiger partial charge in [0, 0.05) is 19.6 Å². The average Bonchev–Trinajstić information content (AvgIpc) is 3.11. The number of nitrogens with zero attached hydrogens (tertiary/aromatic N) is 2. The van der Waals surface area contributed by atoms with Gasteiger partial charge >= 0.3 is 6.09 Å². The topological polar surface area (TPSA) is 49.9 Å². The minimum absolute atomic E-state index is 0.0565. The molecule has 1 unspecified atom stereocenters. The van der Waals surface area contributed by atoms with Crippen LogP contribution in [0.1, 0.15) is 32.3 Å². The Bertz CT molecular complexity index is 590. The number of imide groups is 1. The molecule has 1 aromatic rings. The second-order valence-electron chi connectivity index (χ2n) is 6.99. The maximum absolute atomic E-state index is 13.0. The fraction of sp³-hybridized carbons (Fsp3) is 0.579. The first-order valence-electron chi connectivity index (χ1n) is 8.86. The smallest absolute Gasteiger partial charge is 0.416 e. The minimum atomic E-state index is -0.466. The van der Waals surface area contributed by atoms with Crippen molar-refractivity contribution in [2.75, 3.05) is 19.7 Å². The summed E-state index contributed by atoms with van der Waals surface area (Å²) in [6.07, 6.45) is 1.28. The van der Waals surface area contributed by atoms with Crippen LogP contribution in [-0.4, -0.2) is 47.5 Å². The number of rotatable bonds is 5. The largest absolute Gasteiger partial charge is 0.447 e. The predicted molar refractivity (Wildman–Crippen MR) is 91.3 cm³/mol. The Morgan fingerprint density at radius 2 is 2.00 bits per heavy atom. The summed E-state index contributed by atoms with van der Waals surface area (Å²) in [7, 11) is 0. The molecule has 1 aromatic carbocycles. The van der Waals surface area contributed by atoms with Gasteiger partial charge in [-0.15, -0.1) is 0 Å². The highest BCUT2D eigenvalue weighted by Gasteiger charge is 2.44. The van der Waals surface area contributed by atoms with Gasteiger partial charge in [0.05, 0.1) is 12.0 Å². The first-order valence-corrected chi connectivity index (χ1v) is 8.86. The molecule has 2 heterocycles. The van der Waals surface area contributed by atoms with Crippen LogP contribution in [0.2, 0.25) is 0 Å². The molecule has 0 bridgehead atoms. The van der Waals surface area contributed by atoms with Crippen molar-refractivity contribution in [3.05, 3.63) is 35.9 Å². The van der Waals surface area contributed by atoms with Crippen molar-refractivity contribution in [2.45, 2.75) is 39.3 Å². The number of hydrogen-bond donors (Lipinski definition) is 0. The van der Waals surface area contributed by atoms with Gasteiger partial charge in [-0.05, 0) is 17.9 Å². The van der Waals surface area contributed by atoms with Gasteiger partial charge in [0.25, 0.3) is 0 Å². The van der Waals surface area contributed by atoms with Crippen LogP contribution in [-0.2, 0) is 16.1 Å². The van der Waals surface area contributed by atoms with E-state index in [9.17, 15) is 9.59 Å². The Morgan fingerprint density at radius 3 is 2.71 bits per heavy atom. The van der Waals surface area contributed by atoms with Gasteiger partial charge in [0.2, 0.25) is 5.91 Å². The van der Waals surface area contributed by atoms with Gasteiger partial charge in [-0.3, -0.25) is 9.69 Å². The molecule has 24 heavy (non-hydrogen) atoms. The van der Waals surface area contributed by atoms with Crippen molar-refractivity contribution in [3.8, 4) is 0 Å². The molecule has 3 atom stereocenters. The van der Waals surface area contributed by atoms with Crippen molar-refractivity contribution in [1.29, 1.82) is 0 Å². The van der Waals surface area contributed by atoms with E-state index in [1.165, 1.54) is 10.5 Å². The van der Waals surface area contributed by atoms with Crippen molar-refractivity contribution in [2.24, 2.45) is 11.8 Å². The molecule has 0 spiro atoms. The molecule has 0 aliphatic carbocycles. The van der Waals surface area contributed by atoms with E-state index in [0.717, 1.165) is 25.9 Å². The minimum Gasteiger partial charge on any atom is -0.447 e. The number of benzene rings is 1. The summed E-state index contributed by atoms with van der Waals surface area (Å²) < 4.78 is 5.12. The van der Waals surface area contributed by atoms with Crippen LogP contribution in [0, 0.1) is 11.8 Å². The number of amides is 2. The van der Waals surface area contributed by atoms with Gasteiger partial charge in [-0.1, -0.05) is 50.6 Å². The highest BCUT2D eigenvalue weighted by Crippen LogP contribution is 2.29. The zero-order valence-electron chi connectivity index (χ0n) is 14.5. The third-order valence-corrected chi connectivity index (χ3v) is 5.07. The first-order chi connectivity index (χ1) is 11.6. The van der Waals surface area contributed by atoms with Crippen LogP contribution in [0.4, 0.5) is 4.79 Å². The van der Waals surface area contributed by atoms with E-state index in [1.54, 1.807) is 0 Å². The molecular formula is C19H26N2O3. The molecular weight excluding hydrogens is 304 g/mol. The van der Waals surface area contributed by atoms with Gasteiger partial charge in [0.1, 0.15) is 6.61 Å². The summed E-state index contributed by atoms with van der Waals surface area (Å²) in [5.41, 5.74) is 1.25. The molecule has 3 rings (SSSR count). The van der Waals surface area contributed by atoms with Crippen LogP contribution in [0.25, 0.3) is 0 Å². The third-order valence-electron chi connectivity index (χ3n) is 5.07. The number of cyclic esters (lactones) is 1. The Hall–Kier alpha value is -1.88. The molecule has 0 aromatic heterocycles. The standard InChI is InChI=1S/C19H26N2O3/c1-3-7-16-13-24-19(23)21(16)18(22)17-12-20(10-14(17)2)11-15-8-5-4-6-9-15/h4-6,8-9,14,16-17H,3,7,10-13H2,1-2H3/t14-,16?,17-/m1/s1. The van der Waals surface area contributed by atoms with Gasteiger partial charge in [-0.2, -0.15) is 0 Å². The van der Waals surface area contributed by atoms with Crippen LogP contribution < -0.4 is 0 Å². The van der Waals surface area contributed by atoms with E-state index < -0.39 is 6.09 Å². The molecule has 0 saturated carbocycles. The summed E-state index contributed by atoms with van der Waals surface area (Å²) in [5, 5.41) is 0. The number of likely N-dealkylation sites (tertiary alicyclic amines) is 1. The zero-order valence-corrected chi connectivity index (χ0v) is 14.5. The van der Waals surface area contributed by atoms with Crippen LogP contribution in [0.5, 0.6) is 0 Å². The zero-order chi connectivity index (χ0) is 17.1. The number of hydrogen-bond acceptors (Lipinski definition) is 4. The molecule has 5 heteroatoms. The second kappa shape index (κ2) is 7.34. The van der Waals surface area contributed by atoms with Gasteiger partial charge in [0.15, 0.2) is 0 Å². The monoisotopic (exact) mass is 330 g/mol.